The Hall–Kier alpha value is -3.02. The molecule has 1 N–H and O–H groups in total. The largest absolute Gasteiger partial charge is 0.496 e. The highest BCUT2D eigenvalue weighted by Gasteiger charge is 2.35. The molecule has 1 aliphatic heterocycles. The van der Waals surface area contributed by atoms with Crippen LogP contribution in [0.5, 0.6) is 11.5 Å². The molecule has 1 fully saturated rings. The Morgan fingerprint density at radius 3 is 2.57 bits per heavy atom. The first-order chi connectivity index (χ1) is 13.5. The number of ether oxygens (including phenoxy) is 2. The van der Waals surface area contributed by atoms with Crippen LogP contribution in [0.25, 0.3) is 0 Å². The summed E-state index contributed by atoms with van der Waals surface area (Å²) in [5, 5.41) is 2.92. The molecule has 0 saturated carbocycles. The van der Waals surface area contributed by atoms with E-state index in [0.717, 1.165) is 22.7 Å². The summed E-state index contributed by atoms with van der Waals surface area (Å²) in [6.07, 6.45) is 0.303. The van der Waals surface area contributed by atoms with E-state index in [1.807, 2.05) is 62.4 Å². The maximum Gasteiger partial charge on any atom is 0.227 e. The molecule has 0 aliphatic carbocycles. The van der Waals surface area contributed by atoms with Crippen LogP contribution < -0.4 is 19.7 Å². The zero-order chi connectivity index (χ0) is 20.1. The van der Waals surface area contributed by atoms with E-state index in [1.165, 1.54) is 0 Å². The molecule has 0 radical (unpaired) electrons. The summed E-state index contributed by atoms with van der Waals surface area (Å²) < 4.78 is 10.9. The van der Waals surface area contributed by atoms with Crippen molar-refractivity contribution in [1.29, 1.82) is 0 Å². The van der Waals surface area contributed by atoms with Crippen molar-refractivity contribution in [1.82, 2.24) is 5.32 Å². The van der Waals surface area contributed by atoms with Gasteiger partial charge >= 0.3 is 0 Å². The number of benzene rings is 2. The molecule has 148 valence electrons. The second-order valence-electron chi connectivity index (χ2n) is 7.10. The molecule has 2 aromatic rings. The van der Waals surface area contributed by atoms with Crippen LogP contribution >= 0.6 is 0 Å². The van der Waals surface area contributed by atoms with Crippen molar-refractivity contribution in [3.63, 3.8) is 0 Å². The smallest absolute Gasteiger partial charge is 0.227 e. The Morgan fingerprint density at radius 2 is 1.89 bits per heavy atom. The Morgan fingerprint density at radius 1 is 1.18 bits per heavy atom. The van der Waals surface area contributed by atoms with E-state index < -0.39 is 0 Å². The van der Waals surface area contributed by atoms with Crippen molar-refractivity contribution in [3.05, 3.63) is 54.1 Å². The Kier molecular flexibility index (Phi) is 6.19. The van der Waals surface area contributed by atoms with E-state index in [-0.39, 0.29) is 30.3 Å². The van der Waals surface area contributed by atoms with Crippen LogP contribution in [0.1, 0.15) is 25.8 Å². The van der Waals surface area contributed by atoms with Crippen molar-refractivity contribution in [3.8, 4) is 11.5 Å². The number of para-hydroxylation sites is 1. The molecule has 6 nitrogen and oxygen atoms in total. The summed E-state index contributed by atoms with van der Waals surface area (Å²) >= 11 is 0. The van der Waals surface area contributed by atoms with Gasteiger partial charge in [-0.15, -0.1) is 0 Å². The van der Waals surface area contributed by atoms with Crippen molar-refractivity contribution in [2.24, 2.45) is 5.92 Å². The van der Waals surface area contributed by atoms with Gasteiger partial charge in [0.15, 0.2) is 0 Å². The molecule has 1 heterocycles. The predicted octanol–water partition coefficient (Wildman–Crippen LogP) is 3.15. The Bertz CT molecular complexity index is 833. The van der Waals surface area contributed by atoms with Crippen LogP contribution in [0.4, 0.5) is 5.69 Å². The molecule has 2 aromatic carbocycles. The lowest BCUT2D eigenvalue weighted by Gasteiger charge is -2.18. The molecular formula is C22H26N2O4. The third kappa shape index (κ3) is 4.63. The molecule has 3 rings (SSSR count). The lowest BCUT2D eigenvalue weighted by atomic mass is 10.1. The lowest BCUT2D eigenvalue weighted by molar-refractivity contribution is -0.126. The number of amides is 2. The molecule has 1 atom stereocenters. The summed E-state index contributed by atoms with van der Waals surface area (Å²) in [7, 11) is 1.60. The van der Waals surface area contributed by atoms with Gasteiger partial charge in [-0.1, -0.05) is 18.2 Å². The first kappa shape index (κ1) is 19.7. The Labute approximate surface area is 165 Å². The van der Waals surface area contributed by atoms with E-state index in [9.17, 15) is 9.59 Å². The number of rotatable bonds is 7. The number of nitrogens with zero attached hydrogens (tertiary/aromatic N) is 1. The predicted molar refractivity (Wildman–Crippen MR) is 108 cm³/mol. The van der Waals surface area contributed by atoms with Gasteiger partial charge in [0.05, 0.1) is 19.1 Å². The first-order valence-electron chi connectivity index (χ1n) is 9.44. The molecule has 1 aliphatic rings. The zero-order valence-corrected chi connectivity index (χ0v) is 16.5. The van der Waals surface area contributed by atoms with Crippen LogP contribution in [-0.2, 0) is 16.1 Å². The van der Waals surface area contributed by atoms with Crippen molar-refractivity contribution in [2.75, 3.05) is 18.6 Å². The quantitative estimate of drug-likeness (QED) is 0.799. The summed E-state index contributed by atoms with van der Waals surface area (Å²) in [6, 6.07) is 14.9. The fraction of sp³-hybridized carbons (Fsp3) is 0.364. The fourth-order valence-electron chi connectivity index (χ4n) is 3.29. The van der Waals surface area contributed by atoms with Gasteiger partial charge in [0.1, 0.15) is 11.5 Å². The minimum Gasteiger partial charge on any atom is -0.496 e. The zero-order valence-electron chi connectivity index (χ0n) is 16.5. The highest BCUT2D eigenvalue weighted by molar-refractivity contribution is 6.00. The van der Waals surface area contributed by atoms with E-state index in [1.54, 1.807) is 12.0 Å². The van der Waals surface area contributed by atoms with E-state index >= 15 is 0 Å². The second kappa shape index (κ2) is 8.78. The molecule has 2 amide bonds. The van der Waals surface area contributed by atoms with Crippen molar-refractivity contribution < 1.29 is 19.1 Å². The molecule has 0 unspecified atom stereocenters. The minimum atomic E-state index is -0.367. The monoisotopic (exact) mass is 382 g/mol. The number of hydrogen-bond acceptors (Lipinski definition) is 4. The average Bonchev–Trinajstić information content (AvgIpc) is 3.08. The molecular weight excluding hydrogens is 356 g/mol. The van der Waals surface area contributed by atoms with Gasteiger partial charge in [-0.3, -0.25) is 9.59 Å². The molecule has 28 heavy (non-hydrogen) atoms. The Balaban J connectivity index is 1.59. The highest BCUT2D eigenvalue weighted by Crippen LogP contribution is 2.27. The number of anilines is 1. The van der Waals surface area contributed by atoms with E-state index in [0.29, 0.717) is 13.1 Å². The lowest BCUT2D eigenvalue weighted by Crippen LogP contribution is -2.32. The van der Waals surface area contributed by atoms with E-state index in [4.69, 9.17) is 9.47 Å². The van der Waals surface area contributed by atoms with Gasteiger partial charge in [-0.05, 0) is 44.2 Å². The number of carbonyl (C=O) groups is 2. The number of carbonyl (C=O) groups excluding carboxylic acids is 2. The van der Waals surface area contributed by atoms with Gasteiger partial charge in [0.2, 0.25) is 11.8 Å². The fourth-order valence-corrected chi connectivity index (χ4v) is 3.29. The third-order valence-electron chi connectivity index (χ3n) is 4.66. The standard InChI is InChI=1S/C22H26N2O4/c1-15(2)28-19-10-8-18(9-11-19)24-14-17(12-21(24)25)22(26)23-13-16-6-4-5-7-20(16)27-3/h4-11,15,17H,12-14H2,1-3H3,(H,23,26)/t17-/m1/s1. The van der Waals surface area contributed by atoms with E-state index in [2.05, 4.69) is 5.32 Å². The average molecular weight is 382 g/mol. The summed E-state index contributed by atoms with van der Waals surface area (Å²) in [4.78, 5) is 26.6. The summed E-state index contributed by atoms with van der Waals surface area (Å²) in [5.74, 6) is 0.956. The summed E-state index contributed by atoms with van der Waals surface area (Å²) in [6.45, 7) is 4.67. The molecule has 1 saturated heterocycles. The van der Waals surface area contributed by atoms with Gasteiger partial charge < -0.3 is 19.7 Å². The van der Waals surface area contributed by atoms with Crippen molar-refractivity contribution in [2.45, 2.75) is 32.9 Å². The van der Waals surface area contributed by atoms with Gasteiger partial charge in [0, 0.05) is 30.8 Å². The maximum atomic E-state index is 12.6. The molecule has 0 aromatic heterocycles. The van der Waals surface area contributed by atoms with Crippen LogP contribution in [0.15, 0.2) is 48.5 Å². The molecule has 0 spiro atoms. The minimum absolute atomic E-state index is 0.0463. The van der Waals surface area contributed by atoms with Gasteiger partial charge in [0.25, 0.3) is 0 Å². The number of nitrogens with one attached hydrogen (secondary N) is 1. The van der Waals surface area contributed by atoms with Gasteiger partial charge in [-0.25, -0.2) is 0 Å². The van der Waals surface area contributed by atoms with Crippen LogP contribution in [0, 0.1) is 5.92 Å². The van der Waals surface area contributed by atoms with Crippen molar-refractivity contribution >= 4 is 17.5 Å². The first-order valence-corrected chi connectivity index (χ1v) is 9.44. The van der Waals surface area contributed by atoms with Crippen LogP contribution in [0.3, 0.4) is 0 Å². The van der Waals surface area contributed by atoms with Crippen LogP contribution in [-0.4, -0.2) is 31.6 Å². The number of methoxy groups -OCH3 is 1. The topological polar surface area (TPSA) is 67.9 Å². The summed E-state index contributed by atoms with van der Waals surface area (Å²) in [5.41, 5.74) is 1.68. The van der Waals surface area contributed by atoms with Gasteiger partial charge in [-0.2, -0.15) is 0 Å². The SMILES string of the molecule is COc1ccccc1CNC(=O)[C@@H]1CC(=O)N(c2ccc(OC(C)C)cc2)C1. The normalized spacial score (nSPS) is 16.4. The number of hydrogen-bond donors (Lipinski definition) is 1. The second-order valence-corrected chi connectivity index (χ2v) is 7.10. The molecule has 6 heteroatoms. The van der Waals surface area contributed by atoms with Crippen LogP contribution in [0.2, 0.25) is 0 Å². The third-order valence-corrected chi connectivity index (χ3v) is 4.66. The highest BCUT2D eigenvalue weighted by atomic mass is 16.5. The maximum absolute atomic E-state index is 12.6. The molecule has 0 bridgehead atoms.